The Bertz CT molecular complexity index is 1150. The number of nitrogens with one attached hydrogen (secondary N) is 1. The van der Waals surface area contributed by atoms with Crippen LogP contribution < -0.4 is 19.7 Å². The van der Waals surface area contributed by atoms with E-state index in [9.17, 15) is 9.59 Å². The Morgan fingerprint density at radius 3 is 2.38 bits per heavy atom. The van der Waals surface area contributed by atoms with Crippen LogP contribution in [0.25, 0.3) is 0 Å². The Kier molecular flexibility index (Phi) is 4.77. The van der Waals surface area contributed by atoms with Crippen LogP contribution in [0.15, 0.2) is 58.7 Å². The van der Waals surface area contributed by atoms with E-state index < -0.39 is 5.54 Å². The third-order valence-corrected chi connectivity index (χ3v) is 6.60. The second kappa shape index (κ2) is 7.51. The molecular weight excluding hydrogens is 406 g/mol. The maximum atomic E-state index is 14.0. The Morgan fingerprint density at radius 1 is 1.06 bits per heavy atom. The Morgan fingerprint density at radius 2 is 1.78 bits per heavy atom. The molecule has 2 heterocycles. The minimum Gasteiger partial charge on any atom is -0.497 e. The van der Waals surface area contributed by atoms with E-state index in [0.717, 1.165) is 22.6 Å². The van der Waals surface area contributed by atoms with Gasteiger partial charge in [0.05, 0.1) is 25.5 Å². The van der Waals surface area contributed by atoms with Gasteiger partial charge < -0.3 is 19.7 Å². The van der Waals surface area contributed by atoms with Crippen LogP contribution in [0.5, 0.6) is 11.5 Å². The molecule has 7 nitrogen and oxygen atoms in total. The van der Waals surface area contributed by atoms with Crippen LogP contribution in [0.3, 0.4) is 0 Å². The summed E-state index contributed by atoms with van der Waals surface area (Å²) < 4.78 is 10.9. The molecule has 0 aromatic heterocycles. The van der Waals surface area contributed by atoms with Crippen molar-refractivity contribution >= 4 is 28.8 Å². The summed E-state index contributed by atoms with van der Waals surface area (Å²) in [5, 5.41) is 3.42. The van der Waals surface area contributed by atoms with Gasteiger partial charge in [0.2, 0.25) is 0 Å². The fourth-order valence-corrected chi connectivity index (χ4v) is 5.10. The van der Waals surface area contributed by atoms with Crippen molar-refractivity contribution in [1.29, 1.82) is 0 Å². The molecular formula is C25H25N3O4. The van der Waals surface area contributed by atoms with Crippen LogP contribution in [0.4, 0.5) is 11.4 Å². The molecule has 1 N–H and O–H groups in total. The number of aliphatic imine (C=N–C) groups is 1. The minimum absolute atomic E-state index is 0.0546. The first-order valence-electron chi connectivity index (χ1n) is 10.7. The lowest BCUT2D eigenvalue weighted by atomic mass is 9.89. The third kappa shape index (κ3) is 2.92. The first kappa shape index (κ1) is 20.3. The number of ketones is 2. The zero-order chi connectivity index (χ0) is 22.5. The Hall–Kier alpha value is -3.61. The van der Waals surface area contributed by atoms with Crippen LogP contribution >= 0.6 is 0 Å². The molecule has 1 aliphatic carbocycles. The van der Waals surface area contributed by atoms with Crippen molar-refractivity contribution < 1.29 is 19.1 Å². The number of para-hydroxylation sites is 1. The van der Waals surface area contributed by atoms with Gasteiger partial charge in [-0.25, -0.2) is 0 Å². The number of carbonyl (C=O) groups excluding carboxylic acids is 2. The number of hydrogen-bond acceptors (Lipinski definition) is 6. The van der Waals surface area contributed by atoms with Gasteiger partial charge in [-0.3, -0.25) is 14.6 Å². The number of anilines is 2. The molecule has 1 unspecified atom stereocenters. The molecule has 3 aliphatic rings. The highest BCUT2D eigenvalue weighted by Gasteiger charge is 2.59. The molecule has 5 rings (SSSR count). The quantitative estimate of drug-likeness (QED) is 0.749. The molecule has 1 spiro atoms. The lowest BCUT2D eigenvalue weighted by Crippen LogP contribution is -2.48. The summed E-state index contributed by atoms with van der Waals surface area (Å²) in [6, 6.07) is 13.5. The molecule has 7 heteroatoms. The molecule has 2 aromatic rings. The molecule has 0 radical (unpaired) electrons. The molecule has 1 atom stereocenters. The van der Waals surface area contributed by atoms with Crippen LogP contribution in [0, 0.1) is 0 Å². The van der Waals surface area contributed by atoms with Crippen molar-refractivity contribution in [3.05, 3.63) is 59.3 Å². The fourth-order valence-electron chi connectivity index (χ4n) is 5.10. The molecule has 32 heavy (non-hydrogen) atoms. The minimum atomic E-state index is -0.984. The van der Waals surface area contributed by atoms with Crippen molar-refractivity contribution in [2.24, 2.45) is 4.99 Å². The van der Waals surface area contributed by atoms with E-state index in [2.05, 4.69) is 16.4 Å². The van der Waals surface area contributed by atoms with E-state index in [4.69, 9.17) is 9.47 Å². The predicted molar refractivity (Wildman–Crippen MR) is 123 cm³/mol. The lowest BCUT2D eigenvalue weighted by Gasteiger charge is -2.34. The van der Waals surface area contributed by atoms with Gasteiger partial charge in [0, 0.05) is 55.9 Å². The van der Waals surface area contributed by atoms with Crippen molar-refractivity contribution in [2.75, 3.05) is 31.5 Å². The first-order valence-corrected chi connectivity index (χ1v) is 10.7. The number of rotatable bonds is 3. The zero-order valence-corrected chi connectivity index (χ0v) is 18.4. The topological polar surface area (TPSA) is 80.2 Å². The van der Waals surface area contributed by atoms with E-state index in [1.807, 2.05) is 35.2 Å². The number of hydrogen-bond donors (Lipinski definition) is 1. The van der Waals surface area contributed by atoms with Gasteiger partial charge in [-0.15, -0.1) is 0 Å². The van der Waals surface area contributed by atoms with E-state index in [0.29, 0.717) is 42.2 Å². The van der Waals surface area contributed by atoms with Gasteiger partial charge in [-0.05, 0) is 18.1 Å². The van der Waals surface area contributed by atoms with E-state index in [-0.39, 0.29) is 18.0 Å². The summed E-state index contributed by atoms with van der Waals surface area (Å²) in [6.07, 6.45) is 1.60. The number of allylic oxidation sites excluding steroid dienone is 1. The van der Waals surface area contributed by atoms with E-state index >= 15 is 0 Å². The van der Waals surface area contributed by atoms with E-state index in [1.165, 1.54) is 0 Å². The highest BCUT2D eigenvalue weighted by Crippen LogP contribution is 2.48. The average Bonchev–Trinajstić information content (AvgIpc) is 3.47. The summed E-state index contributed by atoms with van der Waals surface area (Å²) in [5.41, 5.74) is 3.25. The smallest absolute Gasteiger partial charge is 0.194 e. The zero-order valence-electron chi connectivity index (χ0n) is 18.4. The third-order valence-electron chi connectivity index (χ3n) is 6.60. The number of benzene rings is 2. The largest absolute Gasteiger partial charge is 0.497 e. The summed E-state index contributed by atoms with van der Waals surface area (Å²) in [7, 11) is 4.86. The SMILES string of the molecule is CN=C1C(=C2Cc3ccccc3N2)C(=O)C2(CCC(=O)C2)N1c1cc(OC)cc(OC)c1. The van der Waals surface area contributed by atoms with Gasteiger partial charge in [0.15, 0.2) is 5.78 Å². The van der Waals surface area contributed by atoms with Gasteiger partial charge >= 0.3 is 0 Å². The Labute approximate surface area is 186 Å². The molecule has 2 aliphatic heterocycles. The summed E-state index contributed by atoms with van der Waals surface area (Å²) in [5.74, 6) is 1.81. The van der Waals surface area contributed by atoms with Crippen LogP contribution in [-0.2, 0) is 16.0 Å². The first-order chi connectivity index (χ1) is 15.5. The fraction of sp³-hybridized carbons (Fsp3) is 0.320. The molecule has 0 bridgehead atoms. The monoisotopic (exact) mass is 431 g/mol. The molecule has 2 aromatic carbocycles. The lowest BCUT2D eigenvalue weighted by molar-refractivity contribution is -0.122. The predicted octanol–water partition coefficient (Wildman–Crippen LogP) is 3.54. The van der Waals surface area contributed by atoms with Crippen molar-refractivity contribution in [3.8, 4) is 11.5 Å². The standard InChI is InChI=1S/C25H25N3O4/c1-26-24-22(21-10-15-6-4-5-7-20(15)27-21)23(30)25(9-8-17(29)14-25)28(24)16-11-18(31-2)13-19(12-16)32-3/h4-7,11-13,27H,8-10,14H2,1-3H3. The maximum Gasteiger partial charge on any atom is 0.194 e. The molecule has 1 saturated carbocycles. The summed E-state index contributed by atoms with van der Waals surface area (Å²) in [6.45, 7) is 0. The van der Waals surface area contributed by atoms with Gasteiger partial charge in [-0.1, -0.05) is 18.2 Å². The van der Waals surface area contributed by atoms with Crippen LogP contribution in [-0.4, -0.2) is 44.2 Å². The number of nitrogens with zero attached hydrogens (tertiary/aromatic N) is 2. The highest BCUT2D eigenvalue weighted by atomic mass is 16.5. The van der Waals surface area contributed by atoms with Crippen molar-refractivity contribution in [2.45, 2.75) is 31.2 Å². The number of amidine groups is 1. The van der Waals surface area contributed by atoms with Gasteiger partial charge in [0.1, 0.15) is 28.7 Å². The highest BCUT2D eigenvalue weighted by molar-refractivity contribution is 6.38. The maximum absolute atomic E-state index is 14.0. The average molecular weight is 431 g/mol. The van der Waals surface area contributed by atoms with Crippen LogP contribution in [0.1, 0.15) is 24.8 Å². The molecule has 1 saturated heterocycles. The van der Waals surface area contributed by atoms with Gasteiger partial charge in [0.25, 0.3) is 0 Å². The van der Waals surface area contributed by atoms with Crippen molar-refractivity contribution in [3.63, 3.8) is 0 Å². The van der Waals surface area contributed by atoms with Crippen molar-refractivity contribution in [1.82, 2.24) is 0 Å². The van der Waals surface area contributed by atoms with E-state index in [1.54, 1.807) is 27.3 Å². The molecule has 2 fully saturated rings. The number of fused-ring (bicyclic) bond motifs is 1. The second-order valence-corrected chi connectivity index (χ2v) is 8.34. The molecule has 0 amide bonds. The normalized spacial score (nSPS) is 25.6. The number of carbonyl (C=O) groups is 2. The Balaban J connectivity index is 1.70. The number of Topliss-reactive ketones (excluding diaryl/α,β-unsaturated/α-hetero) is 2. The molecule has 164 valence electrons. The summed E-state index contributed by atoms with van der Waals surface area (Å²) in [4.78, 5) is 33.0. The second-order valence-electron chi connectivity index (χ2n) is 8.34. The van der Waals surface area contributed by atoms with Crippen LogP contribution in [0.2, 0.25) is 0 Å². The van der Waals surface area contributed by atoms with Gasteiger partial charge in [-0.2, -0.15) is 0 Å². The number of methoxy groups -OCH3 is 2. The summed E-state index contributed by atoms with van der Waals surface area (Å²) >= 11 is 0. The number of ether oxygens (including phenoxy) is 2.